The molecule has 0 saturated carbocycles. The summed E-state index contributed by atoms with van der Waals surface area (Å²) < 4.78 is 40.4. The summed E-state index contributed by atoms with van der Waals surface area (Å²) in [4.78, 5) is 26.2. The summed E-state index contributed by atoms with van der Waals surface area (Å²) in [6.45, 7) is 4.57. The van der Waals surface area contributed by atoms with Crippen LogP contribution in [0.25, 0.3) is 10.8 Å². The number of hydrogen-bond acceptors (Lipinski definition) is 6. The summed E-state index contributed by atoms with van der Waals surface area (Å²) in [7, 11) is 2.85. The van der Waals surface area contributed by atoms with Gasteiger partial charge in [0.1, 0.15) is 5.39 Å². The number of alkyl halides is 2. The Morgan fingerprint density at radius 3 is 2.50 bits per heavy atom. The zero-order valence-electron chi connectivity index (χ0n) is 19.6. The third-order valence-electron chi connectivity index (χ3n) is 6.47. The van der Waals surface area contributed by atoms with Crippen molar-refractivity contribution >= 4 is 16.6 Å². The molecule has 1 aliphatic heterocycles. The van der Waals surface area contributed by atoms with Crippen LogP contribution in [0.15, 0.2) is 34.0 Å². The first-order valence-corrected chi connectivity index (χ1v) is 11.2. The fourth-order valence-corrected chi connectivity index (χ4v) is 4.60. The summed E-state index contributed by atoms with van der Waals surface area (Å²) in [6.07, 6.45) is 0.376. The smallest absolute Gasteiger partial charge is 0.294 e. The van der Waals surface area contributed by atoms with Crippen molar-refractivity contribution in [1.29, 1.82) is 0 Å². The zero-order chi connectivity index (χ0) is 24.6. The highest BCUT2D eigenvalue weighted by atomic mass is 19.3. The van der Waals surface area contributed by atoms with Crippen molar-refractivity contribution in [2.45, 2.75) is 45.2 Å². The van der Waals surface area contributed by atoms with Crippen LogP contribution in [0.4, 0.5) is 14.6 Å². The van der Waals surface area contributed by atoms with Crippen molar-refractivity contribution in [3.8, 4) is 5.75 Å². The molecule has 1 N–H and O–H groups in total. The highest BCUT2D eigenvalue weighted by molar-refractivity contribution is 5.94. The van der Waals surface area contributed by atoms with E-state index >= 15 is 0 Å². The molecule has 2 aromatic heterocycles. The number of halogens is 2. The van der Waals surface area contributed by atoms with Crippen molar-refractivity contribution in [3.63, 3.8) is 0 Å². The summed E-state index contributed by atoms with van der Waals surface area (Å²) in [6, 6.07) is 4.29. The number of hydrogen-bond donors (Lipinski definition) is 1. The van der Waals surface area contributed by atoms with E-state index < -0.39 is 18.0 Å². The molecule has 1 aliphatic rings. The zero-order valence-corrected chi connectivity index (χ0v) is 19.6. The summed E-state index contributed by atoms with van der Waals surface area (Å²) in [5.74, 6) is 0.309. The number of nitrogens with zero attached hydrogens (tertiary/aromatic N) is 3. The minimum Gasteiger partial charge on any atom is -0.490 e. The Morgan fingerprint density at radius 1 is 1.18 bits per heavy atom. The normalized spacial score (nSPS) is 15.6. The number of nitrogens with one attached hydrogen (secondary N) is 1. The molecule has 0 aliphatic carbocycles. The molecule has 0 unspecified atom stereocenters. The number of pyridine rings is 1. The molecule has 0 radical (unpaired) electrons. The first kappa shape index (κ1) is 23.9. The summed E-state index contributed by atoms with van der Waals surface area (Å²) in [5, 5.41) is 8.22. The van der Waals surface area contributed by atoms with Crippen molar-refractivity contribution in [1.82, 2.24) is 14.3 Å². The van der Waals surface area contributed by atoms with Crippen LogP contribution < -0.4 is 21.2 Å². The van der Waals surface area contributed by atoms with Crippen molar-refractivity contribution in [3.05, 3.63) is 61.8 Å². The Labute approximate surface area is 195 Å². The van der Waals surface area contributed by atoms with Crippen LogP contribution in [0.2, 0.25) is 0 Å². The molecule has 182 valence electrons. The number of benzene rings is 1. The van der Waals surface area contributed by atoms with Crippen LogP contribution in [-0.2, 0) is 11.8 Å². The molecule has 0 spiro atoms. The molecule has 1 fully saturated rings. The van der Waals surface area contributed by atoms with Crippen molar-refractivity contribution < 1.29 is 18.3 Å². The predicted molar refractivity (Wildman–Crippen MR) is 125 cm³/mol. The van der Waals surface area contributed by atoms with Gasteiger partial charge in [-0.2, -0.15) is 5.10 Å². The fraction of sp³-hybridized carbons (Fsp3) is 0.458. The third kappa shape index (κ3) is 4.18. The molecule has 0 amide bonds. The van der Waals surface area contributed by atoms with Crippen LogP contribution in [0.5, 0.6) is 5.75 Å². The number of rotatable bonds is 6. The summed E-state index contributed by atoms with van der Waals surface area (Å²) >= 11 is 0. The molecule has 3 aromatic rings. The molecule has 3 heterocycles. The number of methoxy groups -OCH3 is 1. The van der Waals surface area contributed by atoms with Gasteiger partial charge in [0.25, 0.3) is 17.5 Å². The van der Waals surface area contributed by atoms with Gasteiger partial charge in [-0.25, -0.2) is 13.5 Å². The van der Waals surface area contributed by atoms with E-state index in [1.807, 2.05) is 6.92 Å². The molecule has 1 aromatic carbocycles. The van der Waals surface area contributed by atoms with Crippen molar-refractivity contribution in [2.75, 3.05) is 25.6 Å². The number of anilines is 1. The van der Waals surface area contributed by atoms with Gasteiger partial charge in [0.05, 0.1) is 18.5 Å². The average Bonchev–Trinajstić information content (AvgIpc) is 2.82. The maximum absolute atomic E-state index is 13.4. The Balaban J connectivity index is 1.88. The van der Waals surface area contributed by atoms with E-state index in [4.69, 9.17) is 9.47 Å². The minimum absolute atomic E-state index is 0.0283. The lowest BCUT2D eigenvalue weighted by Crippen LogP contribution is -2.32. The van der Waals surface area contributed by atoms with E-state index in [2.05, 4.69) is 10.4 Å². The molecule has 4 rings (SSSR count). The first-order valence-electron chi connectivity index (χ1n) is 11.2. The molecule has 34 heavy (non-hydrogen) atoms. The molecular formula is C24H28F2N4O4. The summed E-state index contributed by atoms with van der Waals surface area (Å²) in [5.41, 5.74) is 0.302. The van der Waals surface area contributed by atoms with E-state index in [0.29, 0.717) is 48.4 Å². The van der Waals surface area contributed by atoms with Gasteiger partial charge >= 0.3 is 0 Å². The van der Waals surface area contributed by atoms with E-state index in [-0.39, 0.29) is 28.3 Å². The Hall–Kier alpha value is -3.27. The lowest BCUT2D eigenvalue weighted by Gasteiger charge is -2.26. The second-order valence-electron chi connectivity index (χ2n) is 8.51. The van der Waals surface area contributed by atoms with Gasteiger partial charge in [0.2, 0.25) is 0 Å². The van der Waals surface area contributed by atoms with Crippen LogP contribution in [0.3, 0.4) is 0 Å². The van der Waals surface area contributed by atoms with Gasteiger partial charge in [0.15, 0.2) is 11.6 Å². The molecule has 10 heteroatoms. The molecular weight excluding hydrogens is 446 g/mol. The maximum Gasteiger partial charge on any atom is 0.294 e. The minimum atomic E-state index is -2.58. The lowest BCUT2D eigenvalue weighted by molar-refractivity contribution is 0.0685. The third-order valence-corrected chi connectivity index (χ3v) is 6.47. The Kier molecular flexibility index (Phi) is 6.70. The standard InChI is InChI=1S/C24H28F2N4O4/c1-13-16(6-5-7-17(13)21(25)26)14(2)27-22-18-12-30(15-8-10-34-11-9-15)24(32)20(33-4)19(18)23(31)29(3)28-22/h5-7,12,14-15,21H,8-11H2,1-4H3,(H,27,28)/t14-/m1/s1. The first-order chi connectivity index (χ1) is 16.2. The van der Waals surface area contributed by atoms with Gasteiger partial charge in [-0.3, -0.25) is 9.59 Å². The molecule has 1 atom stereocenters. The molecule has 1 saturated heterocycles. The van der Waals surface area contributed by atoms with E-state index in [9.17, 15) is 18.4 Å². The quantitative estimate of drug-likeness (QED) is 0.584. The van der Waals surface area contributed by atoms with Gasteiger partial charge in [-0.05, 0) is 37.8 Å². The van der Waals surface area contributed by atoms with Crippen LogP contribution in [0, 0.1) is 6.92 Å². The second kappa shape index (κ2) is 9.54. The molecule has 0 bridgehead atoms. The maximum atomic E-state index is 13.4. The number of fused-ring (bicyclic) bond motifs is 1. The molecule has 8 nitrogen and oxygen atoms in total. The lowest BCUT2D eigenvalue weighted by atomic mass is 9.97. The van der Waals surface area contributed by atoms with E-state index in [1.165, 1.54) is 20.2 Å². The highest BCUT2D eigenvalue weighted by Crippen LogP contribution is 2.32. The van der Waals surface area contributed by atoms with Gasteiger partial charge in [-0.15, -0.1) is 0 Å². The van der Waals surface area contributed by atoms with Crippen LogP contribution in [0.1, 0.15) is 55.0 Å². The Morgan fingerprint density at radius 2 is 1.85 bits per heavy atom. The Bertz CT molecular complexity index is 1330. The largest absolute Gasteiger partial charge is 0.490 e. The van der Waals surface area contributed by atoms with Crippen LogP contribution >= 0.6 is 0 Å². The van der Waals surface area contributed by atoms with Gasteiger partial charge in [0, 0.05) is 38.1 Å². The SMILES string of the molecule is COc1c(=O)n(C2CCOCC2)cc2c(N[C@H](C)c3cccc(C(F)F)c3C)nn(C)c(=O)c12. The number of aryl methyl sites for hydroxylation is 1. The van der Waals surface area contributed by atoms with Gasteiger partial charge < -0.3 is 19.4 Å². The second-order valence-corrected chi connectivity index (χ2v) is 8.51. The highest BCUT2D eigenvalue weighted by Gasteiger charge is 2.25. The van der Waals surface area contributed by atoms with E-state index in [1.54, 1.807) is 29.8 Å². The number of aromatic nitrogens is 3. The van der Waals surface area contributed by atoms with Crippen LogP contribution in [-0.4, -0.2) is 34.7 Å². The monoisotopic (exact) mass is 474 g/mol. The van der Waals surface area contributed by atoms with Gasteiger partial charge in [-0.1, -0.05) is 18.2 Å². The predicted octanol–water partition coefficient (Wildman–Crippen LogP) is 3.87. The van der Waals surface area contributed by atoms with Crippen molar-refractivity contribution in [2.24, 2.45) is 7.05 Å². The van der Waals surface area contributed by atoms with E-state index in [0.717, 1.165) is 4.68 Å². The fourth-order valence-electron chi connectivity index (χ4n) is 4.60. The average molecular weight is 475 g/mol. The number of ether oxygens (including phenoxy) is 2. The topological polar surface area (TPSA) is 87.4 Å².